The average molecular weight is 435 g/mol. The Kier molecular flexibility index (Phi) is 6.36. The first kappa shape index (κ1) is 21.0. The van der Waals surface area contributed by atoms with Crippen LogP contribution in [-0.4, -0.2) is 30.6 Å². The van der Waals surface area contributed by atoms with Crippen molar-refractivity contribution in [1.29, 1.82) is 0 Å². The zero-order chi connectivity index (χ0) is 21.0. The number of rotatable bonds is 7. The quantitative estimate of drug-likeness (QED) is 0.594. The number of halogens is 1. The van der Waals surface area contributed by atoms with E-state index in [4.69, 9.17) is 0 Å². The zero-order valence-electron chi connectivity index (χ0n) is 15.7. The molecular weight excluding hydrogens is 415 g/mol. The molecule has 3 rings (SSSR count). The molecule has 1 amide bonds. The molecule has 0 saturated carbocycles. The third-order valence-electron chi connectivity index (χ3n) is 4.03. The van der Waals surface area contributed by atoms with Crippen molar-refractivity contribution in [2.45, 2.75) is 24.8 Å². The van der Waals surface area contributed by atoms with Crippen LogP contribution in [0.4, 0.5) is 9.52 Å². The Morgan fingerprint density at radius 2 is 1.69 bits per heavy atom. The normalized spacial score (nSPS) is 12.7. The van der Waals surface area contributed by atoms with Gasteiger partial charge in [-0.3, -0.25) is 10.1 Å². The second kappa shape index (κ2) is 8.76. The lowest BCUT2D eigenvalue weighted by atomic mass is 10.1. The smallest absolute Gasteiger partial charge is 0.244 e. The van der Waals surface area contributed by atoms with Crippen LogP contribution >= 0.6 is 11.3 Å². The number of aromatic nitrogens is 2. The number of carbonyl (C=O) groups is 1. The average Bonchev–Trinajstić information content (AvgIpc) is 3.15. The highest BCUT2D eigenvalue weighted by molar-refractivity contribution is 7.89. The summed E-state index contributed by atoms with van der Waals surface area (Å²) < 4.78 is 41.3. The number of amides is 1. The molecule has 0 aliphatic heterocycles. The van der Waals surface area contributed by atoms with Gasteiger partial charge >= 0.3 is 0 Å². The summed E-state index contributed by atoms with van der Waals surface area (Å²) in [6.45, 7) is 3.37. The molecule has 0 saturated heterocycles. The molecule has 10 heteroatoms. The molecular formula is C19H19FN4O3S2. The first-order valence-electron chi connectivity index (χ1n) is 8.74. The van der Waals surface area contributed by atoms with E-state index in [1.54, 1.807) is 13.8 Å². The van der Waals surface area contributed by atoms with E-state index in [1.807, 2.05) is 30.3 Å². The molecule has 1 heterocycles. The number of carbonyl (C=O) groups excluding carboxylic acids is 1. The van der Waals surface area contributed by atoms with Gasteiger partial charge in [0.2, 0.25) is 21.1 Å². The second-order valence-electron chi connectivity index (χ2n) is 6.54. The van der Waals surface area contributed by atoms with Gasteiger partial charge in [-0.25, -0.2) is 12.8 Å². The number of nitrogens with zero attached hydrogens (tertiary/aromatic N) is 2. The third kappa shape index (κ3) is 5.03. The topological polar surface area (TPSA) is 101 Å². The van der Waals surface area contributed by atoms with Gasteiger partial charge in [-0.2, -0.15) is 4.72 Å². The number of nitrogens with one attached hydrogen (secondary N) is 2. The van der Waals surface area contributed by atoms with Gasteiger partial charge in [0.1, 0.15) is 21.8 Å². The Morgan fingerprint density at radius 1 is 1.03 bits per heavy atom. The predicted molar refractivity (Wildman–Crippen MR) is 109 cm³/mol. The maximum Gasteiger partial charge on any atom is 0.244 e. The maximum absolute atomic E-state index is 13.9. The fourth-order valence-electron chi connectivity index (χ4n) is 2.54. The Labute approximate surface area is 172 Å². The van der Waals surface area contributed by atoms with Crippen molar-refractivity contribution in [3.05, 3.63) is 60.4 Å². The molecule has 0 aliphatic rings. The van der Waals surface area contributed by atoms with Crippen LogP contribution in [0.25, 0.3) is 10.6 Å². The highest BCUT2D eigenvalue weighted by Crippen LogP contribution is 2.26. The number of hydrogen-bond acceptors (Lipinski definition) is 6. The minimum atomic E-state index is -4.23. The van der Waals surface area contributed by atoms with Crippen molar-refractivity contribution < 1.29 is 17.6 Å². The Balaban J connectivity index is 1.77. The molecule has 0 fully saturated rings. The molecule has 0 aliphatic carbocycles. The van der Waals surface area contributed by atoms with Gasteiger partial charge in [0, 0.05) is 5.56 Å². The molecule has 152 valence electrons. The van der Waals surface area contributed by atoms with Crippen molar-refractivity contribution in [3.63, 3.8) is 0 Å². The highest BCUT2D eigenvalue weighted by atomic mass is 32.2. The Bertz CT molecular complexity index is 1100. The first-order valence-corrected chi connectivity index (χ1v) is 11.0. The standard InChI is InChI=1S/C19H19FN4O3S2/c1-12(2)16(24-29(26,27)15-11-7-6-10-14(15)20)17(25)21-19-23-22-18(28-19)13-8-4-3-5-9-13/h3-12,16,24H,1-2H3,(H,21,23,25)/t16-/m0/s1. The van der Waals surface area contributed by atoms with Crippen LogP contribution in [0.5, 0.6) is 0 Å². The van der Waals surface area contributed by atoms with E-state index in [2.05, 4.69) is 20.2 Å². The number of benzene rings is 2. The SMILES string of the molecule is CC(C)[C@H](NS(=O)(=O)c1ccccc1F)C(=O)Nc1nnc(-c2ccccc2)s1. The van der Waals surface area contributed by atoms with Crippen molar-refractivity contribution in [2.75, 3.05) is 5.32 Å². The molecule has 1 atom stereocenters. The van der Waals surface area contributed by atoms with E-state index in [9.17, 15) is 17.6 Å². The summed E-state index contributed by atoms with van der Waals surface area (Å²) in [5.74, 6) is -1.88. The van der Waals surface area contributed by atoms with Crippen LogP contribution in [0.1, 0.15) is 13.8 Å². The molecule has 3 aromatic rings. The van der Waals surface area contributed by atoms with Crippen molar-refractivity contribution in [3.8, 4) is 10.6 Å². The first-order chi connectivity index (χ1) is 13.8. The van der Waals surface area contributed by atoms with E-state index < -0.39 is 38.6 Å². The minimum absolute atomic E-state index is 0.240. The van der Waals surface area contributed by atoms with Crippen LogP contribution in [0.3, 0.4) is 0 Å². The van der Waals surface area contributed by atoms with E-state index in [1.165, 1.54) is 23.5 Å². The van der Waals surface area contributed by atoms with Crippen molar-refractivity contribution in [1.82, 2.24) is 14.9 Å². The molecule has 0 spiro atoms. The van der Waals surface area contributed by atoms with Gasteiger partial charge in [0.25, 0.3) is 0 Å². The molecule has 2 N–H and O–H groups in total. The number of anilines is 1. The van der Waals surface area contributed by atoms with Gasteiger partial charge in [-0.1, -0.05) is 67.6 Å². The van der Waals surface area contributed by atoms with Gasteiger partial charge in [0.15, 0.2) is 0 Å². The fraction of sp³-hybridized carbons (Fsp3) is 0.211. The molecule has 0 bridgehead atoms. The molecule has 0 radical (unpaired) electrons. The van der Waals surface area contributed by atoms with Crippen LogP contribution < -0.4 is 10.0 Å². The summed E-state index contributed by atoms with van der Waals surface area (Å²) in [6, 6.07) is 13.2. The van der Waals surface area contributed by atoms with Gasteiger partial charge < -0.3 is 0 Å². The van der Waals surface area contributed by atoms with Gasteiger partial charge in [-0.15, -0.1) is 10.2 Å². The zero-order valence-corrected chi connectivity index (χ0v) is 17.3. The van der Waals surface area contributed by atoms with E-state index in [0.29, 0.717) is 5.01 Å². The van der Waals surface area contributed by atoms with Crippen molar-refractivity contribution >= 4 is 32.4 Å². The maximum atomic E-state index is 13.9. The monoisotopic (exact) mass is 434 g/mol. The van der Waals surface area contributed by atoms with Gasteiger partial charge in [-0.05, 0) is 18.1 Å². The van der Waals surface area contributed by atoms with Gasteiger partial charge in [0.05, 0.1) is 0 Å². The van der Waals surface area contributed by atoms with Crippen LogP contribution in [0.2, 0.25) is 0 Å². The molecule has 1 aromatic heterocycles. The second-order valence-corrected chi connectivity index (χ2v) is 9.20. The molecule has 2 aromatic carbocycles. The molecule has 7 nitrogen and oxygen atoms in total. The van der Waals surface area contributed by atoms with E-state index in [0.717, 1.165) is 17.7 Å². The number of sulfonamides is 1. The summed E-state index contributed by atoms with van der Waals surface area (Å²) in [4.78, 5) is 12.2. The lowest BCUT2D eigenvalue weighted by Crippen LogP contribution is -2.47. The van der Waals surface area contributed by atoms with Crippen LogP contribution in [0.15, 0.2) is 59.5 Å². The Morgan fingerprint density at radius 3 is 2.34 bits per heavy atom. The summed E-state index contributed by atoms with van der Waals surface area (Å²) >= 11 is 1.17. The summed E-state index contributed by atoms with van der Waals surface area (Å²) in [5.41, 5.74) is 0.853. The highest BCUT2D eigenvalue weighted by Gasteiger charge is 2.30. The lowest BCUT2D eigenvalue weighted by molar-refractivity contribution is -0.118. The molecule has 29 heavy (non-hydrogen) atoms. The fourth-order valence-corrected chi connectivity index (χ4v) is 4.71. The summed E-state index contributed by atoms with van der Waals surface area (Å²) in [6.07, 6.45) is 0. The van der Waals surface area contributed by atoms with Crippen LogP contribution in [0, 0.1) is 11.7 Å². The van der Waals surface area contributed by atoms with E-state index >= 15 is 0 Å². The summed E-state index contributed by atoms with van der Waals surface area (Å²) in [7, 11) is -4.23. The molecule has 0 unspecified atom stereocenters. The minimum Gasteiger partial charge on any atom is -0.299 e. The predicted octanol–water partition coefficient (Wildman–Crippen LogP) is 3.29. The lowest BCUT2D eigenvalue weighted by Gasteiger charge is -2.21. The summed E-state index contributed by atoms with van der Waals surface area (Å²) in [5, 5.41) is 11.4. The van der Waals surface area contributed by atoms with Crippen molar-refractivity contribution in [2.24, 2.45) is 5.92 Å². The largest absolute Gasteiger partial charge is 0.299 e. The Hall–Kier alpha value is -2.69. The van der Waals surface area contributed by atoms with Crippen LogP contribution in [-0.2, 0) is 14.8 Å². The van der Waals surface area contributed by atoms with E-state index in [-0.39, 0.29) is 5.13 Å². The third-order valence-corrected chi connectivity index (χ3v) is 6.40. The number of hydrogen-bond donors (Lipinski definition) is 2.